The predicted molar refractivity (Wildman–Crippen MR) is 123 cm³/mol. The second kappa shape index (κ2) is 17.8. The fourth-order valence-corrected chi connectivity index (χ4v) is 3.36. The third-order valence-electron chi connectivity index (χ3n) is 5.84. The predicted octanol–water partition coefficient (Wildman–Crippen LogP) is 5.93. The van der Waals surface area contributed by atoms with Crippen LogP contribution in [-0.2, 0) is 23.9 Å². The smallest absolute Gasteiger partial charge is 0.333 e. The van der Waals surface area contributed by atoms with Crippen LogP contribution >= 0.6 is 0 Å². The molecule has 0 aliphatic rings. The van der Waals surface area contributed by atoms with E-state index in [9.17, 15) is 19.5 Å². The van der Waals surface area contributed by atoms with Gasteiger partial charge in [-0.2, -0.15) is 0 Å². The molecule has 6 nitrogen and oxygen atoms in total. The van der Waals surface area contributed by atoms with Gasteiger partial charge in [0, 0.05) is 12.0 Å². The summed E-state index contributed by atoms with van der Waals surface area (Å²) in [7, 11) is 0. The average Bonchev–Trinajstić information content (AvgIpc) is 2.76. The van der Waals surface area contributed by atoms with Crippen molar-refractivity contribution in [1.29, 1.82) is 0 Å². The summed E-state index contributed by atoms with van der Waals surface area (Å²) in [6, 6.07) is 0. The number of aliphatic carboxylic acids is 1. The van der Waals surface area contributed by atoms with Gasteiger partial charge in [-0.15, -0.1) is 0 Å². The topological polar surface area (TPSA) is 89.9 Å². The van der Waals surface area contributed by atoms with Gasteiger partial charge in [0.05, 0.1) is 19.1 Å². The van der Waals surface area contributed by atoms with Gasteiger partial charge in [-0.25, -0.2) is 4.79 Å². The Kier molecular flexibility index (Phi) is 16.7. The molecule has 0 aromatic rings. The summed E-state index contributed by atoms with van der Waals surface area (Å²) in [6.45, 7) is 12.8. The van der Waals surface area contributed by atoms with Crippen LogP contribution in [0.15, 0.2) is 12.2 Å². The Morgan fingerprint density at radius 2 is 1.35 bits per heavy atom. The zero-order chi connectivity index (χ0) is 23.6. The molecule has 3 atom stereocenters. The lowest BCUT2D eigenvalue weighted by molar-refractivity contribution is -0.146. The van der Waals surface area contributed by atoms with E-state index in [0.29, 0.717) is 25.0 Å². The van der Waals surface area contributed by atoms with E-state index in [2.05, 4.69) is 34.3 Å². The summed E-state index contributed by atoms with van der Waals surface area (Å²) < 4.78 is 10.7. The van der Waals surface area contributed by atoms with E-state index < -0.39 is 23.8 Å². The normalized spacial score (nSPS) is 13.8. The molecule has 0 aromatic carbocycles. The number of carbonyl (C=O) groups is 3. The van der Waals surface area contributed by atoms with Crippen molar-refractivity contribution in [3.05, 3.63) is 12.2 Å². The fourth-order valence-electron chi connectivity index (χ4n) is 3.36. The first-order valence-electron chi connectivity index (χ1n) is 12.0. The summed E-state index contributed by atoms with van der Waals surface area (Å²) in [6.07, 6.45) is 8.40. The molecule has 0 spiro atoms. The second-order valence-corrected chi connectivity index (χ2v) is 8.50. The molecule has 0 aliphatic heterocycles. The van der Waals surface area contributed by atoms with E-state index in [1.807, 2.05) is 0 Å². The number of rotatable bonds is 19. The Morgan fingerprint density at radius 1 is 0.839 bits per heavy atom. The van der Waals surface area contributed by atoms with Gasteiger partial charge in [-0.3, -0.25) is 9.59 Å². The van der Waals surface area contributed by atoms with Crippen LogP contribution in [0, 0.1) is 17.8 Å². The quantitative estimate of drug-likeness (QED) is 0.198. The molecule has 0 saturated carbocycles. The van der Waals surface area contributed by atoms with Gasteiger partial charge >= 0.3 is 17.9 Å². The minimum atomic E-state index is -1.05. The molecule has 0 rings (SSSR count). The van der Waals surface area contributed by atoms with E-state index in [-0.39, 0.29) is 24.8 Å². The number of esters is 2. The molecule has 0 radical (unpaired) electrons. The summed E-state index contributed by atoms with van der Waals surface area (Å²) in [4.78, 5) is 35.9. The third kappa shape index (κ3) is 13.9. The number of carboxylic acids is 1. The SMILES string of the molecule is C=C(CC(CCC(=O)OCC(CC)CCCC)C(=O)O)C(=O)OCC(CC)CCCC. The first kappa shape index (κ1) is 29.1. The lowest BCUT2D eigenvalue weighted by Gasteiger charge is -2.17. The number of hydrogen-bond acceptors (Lipinski definition) is 5. The molecule has 3 unspecified atom stereocenters. The minimum Gasteiger partial charge on any atom is -0.481 e. The molecule has 0 amide bonds. The zero-order valence-corrected chi connectivity index (χ0v) is 20.1. The molecule has 1 N–H and O–H groups in total. The Labute approximate surface area is 188 Å². The Bertz CT molecular complexity index is 542. The lowest BCUT2D eigenvalue weighted by atomic mass is 9.95. The summed E-state index contributed by atoms with van der Waals surface area (Å²) in [5.74, 6) is -2.20. The standard InChI is InChI=1S/C25H44O6/c1-6-10-12-20(8-3)17-30-23(26)15-14-22(24(27)28)16-19(5)25(29)31-18-21(9-4)13-11-7-2/h20-22H,5-18H2,1-4H3,(H,27,28). The highest BCUT2D eigenvalue weighted by atomic mass is 16.5. The maximum absolute atomic E-state index is 12.2. The maximum Gasteiger partial charge on any atom is 0.333 e. The van der Waals surface area contributed by atoms with E-state index in [1.54, 1.807) is 0 Å². The summed E-state index contributed by atoms with van der Waals surface area (Å²) in [5.41, 5.74) is 0.136. The van der Waals surface area contributed by atoms with Gasteiger partial charge in [0.25, 0.3) is 0 Å². The van der Waals surface area contributed by atoms with E-state index in [1.165, 1.54) is 0 Å². The molecular formula is C25H44O6. The van der Waals surface area contributed by atoms with Gasteiger partial charge in [-0.1, -0.05) is 72.8 Å². The van der Waals surface area contributed by atoms with Crippen molar-refractivity contribution in [1.82, 2.24) is 0 Å². The highest BCUT2D eigenvalue weighted by Gasteiger charge is 2.24. The highest BCUT2D eigenvalue weighted by molar-refractivity contribution is 5.88. The van der Waals surface area contributed by atoms with E-state index in [4.69, 9.17) is 9.47 Å². The molecule has 180 valence electrons. The Morgan fingerprint density at radius 3 is 1.81 bits per heavy atom. The summed E-state index contributed by atoms with van der Waals surface area (Å²) in [5, 5.41) is 9.48. The first-order chi connectivity index (χ1) is 14.8. The first-order valence-corrected chi connectivity index (χ1v) is 12.0. The molecule has 0 aliphatic carbocycles. The number of hydrogen-bond donors (Lipinski definition) is 1. The molecule has 0 heterocycles. The molecule has 0 bridgehead atoms. The second-order valence-electron chi connectivity index (χ2n) is 8.50. The minimum absolute atomic E-state index is 0.0123. The van der Waals surface area contributed by atoms with Crippen molar-refractivity contribution in [3.63, 3.8) is 0 Å². The van der Waals surface area contributed by atoms with Crippen LogP contribution < -0.4 is 0 Å². The maximum atomic E-state index is 12.2. The van der Waals surface area contributed by atoms with Crippen molar-refractivity contribution in [3.8, 4) is 0 Å². The molecule has 0 fully saturated rings. The Balaban J connectivity index is 4.45. The van der Waals surface area contributed by atoms with Gasteiger partial charge in [0.1, 0.15) is 0 Å². The van der Waals surface area contributed by atoms with Gasteiger partial charge < -0.3 is 14.6 Å². The molecule has 0 aromatic heterocycles. The van der Waals surface area contributed by atoms with Crippen molar-refractivity contribution in [2.45, 2.75) is 98.3 Å². The molecule has 31 heavy (non-hydrogen) atoms. The van der Waals surface area contributed by atoms with Crippen LogP contribution in [-0.4, -0.2) is 36.2 Å². The van der Waals surface area contributed by atoms with Crippen LogP contribution in [0.3, 0.4) is 0 Å². The summed E-state index contributed by atoms with van der Waals surface area (Å²) >= 11 is 0. The van der Waals surface area contributed by atoms with Crippen LogP contribution in [0.4, 0.5) is 0 Å². The zero-order valence-electron chi connectivity index (χ0n) is 20.1. The van der Waals surface area contributed by atoms with Crippen LogP contribution in [0.1, 0.15) is 98.3 Å². The molecular weight excluding hydrogens is 396 g/mol. The largest absolute Gasteiger partial charge is 0.481 e. The molecule has 6 heteroatoms. The van der Waals surface area contributed by atoms with Crippen molar-refractivity contribution in [2.75, 3.05) is 13.2 Å². The fraction of sp³-hybridized carbons (Fsp3) is 0.800. The van der Waals surface area contributed by atoms with Crippen LogP contribution in [0.2, 0.25) is 0 Å². The lowest BCUT2D eigenvalue weighted by Crippen LogP contribution is -2.21. The number of carboxylic acid groups (broad SMARTS) is 1. The van der Waals surface area contributed by atoms with Crippen LogP contribution in [0.5, 0.6) is 0 Å². The number of unbranched alkanes of at least 4 members (excludes halogenated alkanes) is 2. The monoisotopic (exact) mass is 440 g/mol. The van der Waals surface area contributed by atoms with Gasteiger partial charge in [-0.05, 0) is 37.5 Å². The van der Waals surface area contributed by atoms with Crippen molar-refractivity contribution in [2.24, 2.45) is 17.8 Å². The Hall–Kier alpha value is -1.85. The third-order valence-corrected chi connectivity index (χ3v) is 5.84. The highest BCUT2D eigenvalue weighted by Crippen LogP contribution is 2.20. The van der Waals surface area contributed by atoms with Crippen molar-refractivity contribution >= 4 is 17.9 Å². The van der Waals surface area contributed by atoms with E-state index >= 15 is 0 Å². The molecule has 0 saturated heterocycles. The van der Waals surface area contributed by atoms with Crippen LogP contribution in [0.25, 0.3) is 0 Å². The average molecular weight is 441 g/mol. The van der Waals surface area contributed by atoms with Crippen molar-refractivity contribution < 1.29 is 29.0 Å². The number of carbonyl (C=O) groups excluding carboxylic acids is 2. The van der Waals surface area contributed by atoms with Gasteiger partial charge in [0.2, 0.25) is 0 Å². The number of ether oxygens (including phenoxy) is 2. The van der Waals surface area contributed by atoms with Gasteiger partial charge in [0.15, 0.2) is 0 Å². The van der Waals surface area contributed by atoms with E-state index in [0.717, 1.165) is 51.4 Å².